The summed E-state index contributed by atoms with van der Waals surface area (Å²) in [7, 11) is 0. The maximum Gasteiger partial charge on any atom is 0.319 e. The highest BCUT2D eigenvalue weighted by atomic mass is 16.5. The van der Waals surface area contributed by atoms with Crippen molar-refractivity contribution in [3.05, 3.63) is 0 Å². The van der Waals surface area contributed by atoms with Crippen molar-refractivity contribution in [2.24, 2.45) is 5.73 Å². The lowest BCUT2D eigenvalue weighted by Crippen LogP contribution is -2.41. The van der Waals surface area contributed by atoms with Gasteiger partial charge in [-0.1, -0.05) is 19.8 Å². The van der Waals surface area contributed by atoms with Gasteiger partial charge in [0.25, 0.3) is 0 Å². The van der Waals surface area contributed by atoms with E-state index < -0.39 is 0 Å². The molecule has 0 aliphatic heterocycles. The molecule has 0 rings (SSSR count). The highest BCUT2D eigenvalue weighted by Gasteiger charge is 2.16. The molecule has 0 saturated carbocycles. The third-order valence-corrected chi connectivity index (χ3v) is 2.54. The Hall–Kier alpha value is -0.610. The molecule has 0 aromatic heterocycles. The predicted octanol–water partition coefficient (Wildman–Crippen LogP) is 1.44. The van der Waals surface area contributed by atoms with Crippen molar-refractivity contribution < 1.29 is 9.53 Å². The molecule has 0 atom stereocenters. The standard InChI is InChI=1S/C12H26N2O2/c1-4-5-6-8-14-12(2,3)7-9-16-11(15)10-13/h14H,4-10,13H2,1-3H3. The normalized spacial score (nSPS) is 11.5. The van der Waals surface area contributed by atoms with E-state index in [-0.39, 0.29) is 18.1 Å². The zero-order valence-electron chi connectivity index (χ0n) is 10.8. The molecule has 0 aromatic rings. The molecule has 0 aliphatic rings. The first-order valence-electron chi connectivity index (χ1n) is 6.12. The second-order valence-corrected chi connectivity index (χ2v) is 4.69. The van der Waals surface area contributed by atoms with Gasteiger partial charge in [-0.2, -0.15) is 0 Å². The molecule has 4 heteroatoms. The van der Waals surface area contributed by atoms with Crippen molar-refractivity contribution in [3.63, 3.8) is 0 Å². The average Bonchev–Trinajstić information content (AvgIpc) is 2.24. The number of ether oxygens (including phenoxy) is 1. The molecule has 4 nitrogen and oxygen atoms in total. The van der Waals surface area contributed by atoms with Crippen molar-refractivity contribution in [2.45, 2.75) is 52.0 Å². The Morgan fingerprint density at radius 1 is 1.38 bits per heavy atom. The van der Waals surface area contributed by atoms with Gasteiger partial charge in [0.15, 0.2) is 0 Å². The van der Waals surface area contributed by atoms with Gasteiger partial charge in [0.05, 0.1) is 13.2 Å². The first-order valence-corrected chi connectivity index (χ1v) is 6.12. The topological polar surface area (TPSA) is 64.3 Å². The smallest absolute Gasteiger partial charge is 0.319 e. The minimum absolute atomic E-state index is 0.0165. The Labute approximate surface area is 98.9 Å². The number of rotatable bonds is 9. The molecule has 0 spiro atoms. The fourth-order valence-electron chi connectivity index (χ4n) is 1.37. The van der Waals surface area contributed by atoms with Crippen molar-refractivity contribution in [1.82, 2.24) is 5.32 Å². The number of hydrogen-bond acceptors (Lipinski definition) is 4. The van der Waals surface area contributed by atoms with Crippen molar-refractivity contribution in [2.75, 3.05) is 19.7 Å². The summed E-state index contributed by atoms with van der Waals surface area (Å²) in [6.07, 6.45) is 4.49. The van der Waals surface area contributed by atoms with E-state index in [1.54, 1.807) is 0 Å². The maximum absolute atomic E-state index is 10.8. The fourth-order valence-corrected chi connectivity index (χ4v) is 1.37. The molecule has 16 heavy (non-hydrogen) atoms. The van der Waals surface area contributed by atoms with Gasteiger partial charge in [-0.15, -0.1) is 0 Å². The van der Waals surface area contributed by atoms with Crippen molar-refractivity contribution in [3.8, 4) is 0 Å². The molecule has 0 bridgehead atoms. The lowest BCUT2D eigenvalue weighted by atomic mass is 10.0. The van der Waals surface area contributed by atoms with Gasteiger partial charge in [0.1, 0.15) is 0 Å². The Kier molecular flexibility index (Phi) is 8.21. The van der Waals surface area contributed by atoms with Crippen LogP contribution in [0.15, 0.2) is 0 Å². The number of nitrogens with two attached hydrogens (primary N) is 1. The summed E-state index contributed by atoms with van der Waals surface area (Å²) in [5.41, 5.74) is 5.16. The Bertz CT molecular complexity index is 193. The number of hydrogen-bond donors (Lipinski definition) is 2. The van der Waals surface area contributed by atoms with Crippen LogP contribution >= 0.6 is 0 Å². The number of esters is 1. The van der Waals surface area contributed by atoms with Gasteiger partial charge in [-0.05, 0) is 33.2 Å². The van der Waals surface area contributed by atoms with Gasteiger partial charge in [-0.3, -0.25) is 4.79 Å². The average molecular weight is 230 g/mol. The SMILES string of the molecule is CCCCCNC(C)(C)CCOC(=O)CN. The Morgan fingerprint density at radius 3 is 2.62 bits per heavy atom. The predicted molar refractivity (Wildman–Crippen MR) is 66.2 cm³/mol. The second kappa shape index (κ2) is 8.53. The molecule has 96 valence electrons. The lowest BCUT2D eigenvalue weighted by molar-refractivity contribution is -0.142. The molecule has 0 aromatic carbocycles. The molecule has 0 fully saturated rings. The van der Waals surface area contributed by atoms with Crippen LogP contribution in [0.25, 0.3) is 0 Å². The fraction of sp³-hybridized carbons (Fsp3) is 0.917. The molecule has 3 N–H and O–H groups in total. The van der Waals surface area contributed by atoms with Crippen molar-refractivity contribution >= 4 is 5.97 Å². The third kappa shape index (κ3) is 8.68. The highest BCUT2D eigenvalue weighted by molar-refractivity contribution is 5.71. The first kappa shape index (κ1) is 15.4. The van der Waals surface area contributed by atoms with E-state index in [4.69, 9.17) is 10.5 Å². The summed E-state index contributed by atoms with van der Waals surface area (Å²) in [6, 6.07) is 0. The molecule has 0 amide bonds. The van der Waals surface area contributed by atoms with Crippen LogP contribution in [0.4, 0.5) is 0 Å². The molecule has 0 aliphatic carbocycles. The van der Waals surface area contributed by atoms with Crippen LogP contribution in [0, 0.1) is 0 Å². The molecule has 0 saturated heterocycles. The van der Waals surface area contributed by atoms with Crippen LogP contribution < -0.4 is 11.1 Å². The van der Waals surface area contributed by atoms with Gasteiger partial charge in [0.2, 0.25) is 0 Å². The summed E-state index contributed by atoms with van der Waals surface area (Å²) in [5, 5.41) is 3.46. The minimum Gasteiger partial charge on any atom is -0.465 e. The monoisotopic (exact) mass is 230 g/mol. The lowest BCUT2D eigenvalue weighted by Gasteiger charge is -2.26. The summed E-state index contributed by atoms with van der Waals surface area (Å²) in [5.74, 6) is -0.332. The van der Waals surface area contributed by atoms with E-state index in [1.165, 1.54) is 19.3 Å². The zero-order valence-corrected chi connectivity index (χ0v) is 10.8. The Balaban J connectivity index is 3.57. The molecule has 0 heterocycles. The number of carbonyl (C=O) groups is 1. The van der Waals surface area contributed by atoms with Crippen molar-refractivity contribution in [1.29, 1.82) is 0 Å². The van der Waals surface area contributed by atoms with E-state index in [1.807, 2.05) is 0 Å². The van der Waals surface area contributed by atoms with E-state index >= 15 is 0 Å². The first-order chi connectivity index (χ1) is 7.52. The van der Waals surface area contributed by atoms with Gasteiger partial charge < -0.3 is 15.8 Å². The van der Waals surface area contributed by atoms with Crippen LogP contribution in [-0.2, 0) is 9.53 Å². The van der Waals surface area contributed by atoms with E-state index in [0.717, 1.165) is 13.0 Å². The van der Waals surface area contributed by atoms with Crippen LogP contribution in [0.1, 0.15) is 46.5 Å². The van der Waals surface area contributed by atoms with Gasteiger partial charge in [0, 0.05) is 5.54 Å². The van der Waals surface area contributed by atoms with Gasteiger partial charge in [-0.25, -0.2) is 0 Å². The second-order valence-electron chi connectivity index (χ2n) is 4.69. The van der Waals surface area contributed by atoms with Crippen LogP contribution in [0.5, 0.6) is 0 Å². The van der Waals surface area contributed by atoms with Gasteiger partial charge >= 0.3 is 5.97 Å². The molecule has 0 unspecified atom stereocenters. The third-order valence-electron chi connectivity index (χ3n) is 2.54. The quantitative estimate of drug-likeness (QED) is 0.464. The maximum atomic E-state index is 10.8. The number of nitrogens with one attached hydrogen (secondary N) is 1. The summed E-state index contributed by atoms with van der Waals surface area (Å²) >= 11 is 0. The summed E-state index contributed by atoms with van der Waals surface area (Å²) in [6.45, 7) is 7.85. The highest BCUT2D eigenvalue weighted by Crippen LogP contribution is 2.08. The summed E-state index contributed by atoms with van der Waals surface area (Å²) in [4.78, 5) is 10.8. The van der Waals surface area contributed by atoms with Crippen LogP contribution in [-0.4, -0.2) is 31.2 Å². The Morgan fingerprint density at radius 2 is 2.06 bits per heavy atom. The largest absolute Gasteiger partial charge is 0.465 e. The number of unbranched alkanes of at least 4 members (excludes halogenated alkanes) is 2. The molecule has 0 radical (unpaired) electrons. The number of carbonyl (C=O) groups excluding carboxylic acids is 1. The molecular formula is C12H26N2O2. The minimum atomic E-state index is -0.332. The molecular weight excluding hydrogens is 204 g/mol. The zero-order chi connectivity index (χ0) is 12.4. The van der Waals surface area contributed by atoms with E-state index in [2.05, 4.69) is 26.1 Å². The van der Waals surface area contributed by atoms with Crippen LogP contribution in [0.2, 0.25) is 0 Å². The van der Waals surface area contributed by atoms with E-state index in [0.29, 0.717) is 6.61 Å². The van der Waals surface area contributed by atoms with Crippen LogP contribution in [0.3, 0.4) is 0 Å². The summed E-state index contributed by atoms with van der Waals surface area (Å²) < 4.78 is 4.95. The van der Waals surface area contributed by atoms with E-state index in [9.17, 15) is 4.79 Å².